The van der Waals surface area contributed by atoms with Gasteiger partial charge in [0.25, 0.3) is 0 Å². The molecule has 1 aromatic heterocycles. The van der Waals surface area contributed by atoms with Crippen LogP contribution in [-0.4, -0.2) is 26.9 Å². The first kappa shape index (κ1) is 11.1. The number of nitrogens with two attached hydrogens (primary N) is 1. The Labute approximate surface area is 94.2 Å². The van der Waals surface area contributed by atoms with E-state index in [0.717, 1.165) is 5.69 Å². The van der Waals surface area contributed by atoms with Crippen LogP contribution in [0.15, 0.2) is 6.20 Å². The third-order valence-corrected chi connectivity index (χ3v) is 2.74. The summed E-state index contributed by atoms with van der Waals surface area (Å²) >= 11 is 0. The SMILES string of the molecule is CCC(C(N)=O)n1cc(CNC2CC2)nn1. The molecule has 0 bridgehead atoms. The minimum Gasteiger partial charge on any atom is -0.368 e. The molecular weight excluding hydrogens is 206 g/mol. The Balaban J connectivity index is 1.96. The van der Waals surface area contributed by atoms with Crippen LogP contribution in [0.3, 0.4) is 0 Å². The second-order valence-electron chi connectivity index (χ2n) is 4.17. The molecule has 1 fully saturated rings. The van der Waals surface area contributed by atoms with Crippen LogP contribution >= 0.6 is 0 Å². The fraction of sp³-hybridized carbons (Fsp3) is 0.700. The summed E-state index contributed by atoms with van der Waals surface area (Å²) < 4.78 is 1.55. The highest BCUT2D eigenvalue weighted by atomic mass is 16.1. The molecule has 0 aromatic carbocycles. The summed E-state index contributed by atoms with van der Waals surface area (Å²) in [4.78, 5) is 11.1. The average Bonchev–Trinajstić information content (AvgIpc) is 2.96. The summed E-state index contributed by atoms with van der Waals surface area (Å²) in [7, 11) is 0. The highest BCUT2D eigenvalue weighted by Gasteiger charge is 2.21. The topological polar surface area (TPSA) is 85.8 Å². The lowest BCUT2D eigenvalue weighted by Crippen LogP contribution is -2.26. The molecule has 0 aliphatic heterocycles. The zero-order chi connectivity index (χ0) is 11.5. The van der Waals surface area contributed by atoms with Gasteiger partial charge < -0.3 is 11.1 Å². The van der Waals surface area contributed by atoms with Crippen molar-refractivity contribution in [3.05, 3.63) is 11.9 Å². The van der Waals surface area contributed by atoms with Crippen molar-refractivity contribution in [2.45, 2.75) is 44.8 Å². The molecular formula is C10H17N5O. The molecule has 1 amide bonds. The molecule has 1 aliphatic rings. The highest BCUT2D eigenvalue weighted by molar-refractivity contribution is 5.78. The van der Waals surface area contributed by atoms with Gasteiger partial charge in [0.05, 0.1) is 11.9 Å². The molecule has 1 aromatic rings. The third-order valence-electron chi connectivity index (χ3n) is 2.74. The van der Waals surface area contributed by atoms with Gasteiger partial charge in [-0.2, -0.15) is 0 Å². The van der Waals surface area contributed by atoms with Gasteiger partial charge in [-0.25, -0.2) is 4.68 Å². The summed E-state index contributed by atoms with van der Waals surface area (Å²) in [5, 5.41) is 11.3. The number of nitrogens with zero attached hydrogens (tertiary/aromatic N) is 3. The summed E-state index contributed by atoms with van der Waals surface area (Å²) in [6.45, 7) is 2.61. The van der Waals surface area contributed by atoms with Gasteiger partial charge in [-0.3, -0.25) is 4.79 Å². The maximum atomic E-state index is 11.1. The van der Waals surface area contributed by atoms with Gasteiger partial charge in [-0.05, 0) is 19.3 Å². The predicted molar refractivity (Wildman–Crippen MR) is 58.4 cm³/mol. The highest BCUT2D eigenvalue weighted by Crippen LogP contribution is 2.19. The largest absolute Gasteiger partial charge is 0.368 e. The van der Waals surface area contributed by atoms with E-state index < -0.39 is 0 Å². The maximum absolute atomic E-state index is 11.1. The van der Waals surface area contributed by atoms with E-state index in [1.54, 1.807) is 10.9 Å². The van der Waals surface area contributed by atoms with E-state index in [2.05, 4.69) is 15.6 Å². The van der Waals surface area contributed by atoms with E-state index in [-0.39, 0.29) is 11.9 Å². The molecule has 6 heteroatoms. The van der Waals surface area contributed by atoms with Gasteiger partial charge in [0, 0.05) is 12.6 Å². The molecule has 3 N–H and O–H groups in total. The molecule has 1 aliphatic carbocycles. The zero-order valence-electron chi connectivity index (χ0n) is 9.39. The van der Waals surface area contributed by atoms with E-state index in [1.165, 1.54) is 12.8 Å². The summed E-state index contributed by atoms with van der Waals surface area (Å²) in [5.74, 6) is -0.367. The van der Waals surface area contributed by atoms with Crippen molar-refractivity contribution in [1.29, 1.82) is 0 Å². The van der Waals surface area contributed by atoms with Gasteiger partial charge >= 0.3 is 0 Å². The fourth-order valence-corrected chi connectivity index (χ4v) is 1.60. The number of hydrogen-bond donors (Lipinski definition) is 2. The number of carbonyl (C=O) groups excluding carboxylic acids is 1. The molecule has 0 saturated heterocycles. The lowest BCUT2D eigenvalue weighted by atomic mass is 10.2. The summed E-state index contributed by atoms with van der Waals surface area (Å²) in [6, 6.07) is 0.255. The number of hydrogen-bond acceptors (Lipinski definition) is 4. The standard InChI is InChI=1S/C10H17N5O/c1-2-9(10(11)16)15-6-8(13-14-15)5-12-7-3-4-7/h6-7,9,12H,2-5H2,1H3,(H2,11,16). The van der Waals surface area contributed by atoms with Crippen LogP contribution in [0.4, 0.5) is 0 Å². The van der Waals surface area contributed by atoms with Crippen molar-refractivity contribution in [2.75, 3.05) is 0 Å². The number of rotatable bonds is 6. The molecule has 1 unspecified atom stereocenters. The van der Waals surface area contributed by atoms with Crippen molar-refractivity contribution in [3.63, 3.8) is 0 Å². The number of nitrogens with one attached hydrogen (secondary N) is 1. The molecule has 6 nitrogen and oxygen atoms in total. The Morgan fingerprint density at radius 1 is 1.75 bits per heavy atom. The van der Waals surface area contributed by atoms with Crippen molar-refractivity contribution < 1.29 is 4.79 Å². The van der Waals surface area contributed by atoms with Crippen molar-refractivity contribution >= 4 is 5.91 Å². The molecule has 88 valence electrons. The molecule has 16 heavy (non-hydrogen) atoms. The number of aromatic nitrogens is 3. The predicted octanol–water partition coefficient (Wildman–Crippen LogP) is -0.0335. The van der Waals surface area contributed by atoms with Gasteiger partial charge in [0.15, 0.2) is 0 Å². The number of primary amides is 1. The Morgan fingerprint density at radius 3 is 3.06 bits per heavy atom. The van der Waals surface area contributed by atoms with E-state index in [1.807, 2.05) is 6.92 Å². The minimum absolute atomic E-state index is 0.367. The first-order valence-electron chi connectivity index (χ1n) is 5.64. The Kier molecular flexibility index (Phi) is 3.19. The first-order chi connectivity index (χ1) is 7.70. The molecule has 0 radical (unpaired) electrons. The van der Waals surface area contributed by atoms with Crippen LogP contribution in [0.25, 0.3) is 0 Å². The molecule has 1 atom stereocenters. The van der Waals surface area contributed by atoms with Crippen molar-refractivity contribution in [3.8, 4) is 0 Å². The van der Waals surface area contributed by atoms with Gasteiger partial charge in [-0.15, -0.1) is 5.10 Å². The Bertz CT molecular complexity index is 371. The van der Waals surface area contributed by atoms with Crippen LogP contribution in [0.5, 0.6) is 0 Å². The second kappa shape index (κ2) is 4.61. The number of carbonyl (C=O) groups is 1. The second-order valence-corrected chi connectivity index (χ2v) is 4.17. The Hall–Kier alpha value is -1.43. The number of amides is 1. The molecule has 1 saturated carbocycles. The van der Waals surface area contributed by atoms with Crippen LogP contribution in [-0.2, 0) is 11.3 Å². The van der Waals surface area contributed by atoms with Crippen LogP contribution in [0.2, 0.25) is 0 Å². The summed E-state index contributed by atoms with van der Waals surface area (Å²) in [6.07, 6.45) is 4.91. The third kappa shape index (κ3) is 2.57. The Morgan fingerprint density at radius 2 is 2.50 bits per heavy atom. The minimum atomic E-state index is -0.387. The molecule has 0 spiro atoms. The lowest BCUT2D eigenvalue weighted by molar-refractivity contribution is -0.121. The lowest BCUT2D eigenvalue weighted by Gasteiger charge is -2.09. The quantitative estimate of drug-likeness (QED) is 0.709. The molecule has 1 heterocycles. The smallest absolute Gasteiger partial charge is 0.242 e. The van der Waals surface area contributed by atoms with Gasteiger partial charge in [-0.1, -0.05) is 12.1 Å². The van der Waals surface area contributed by atoms with Crippen LogP contribution < -0.4 is 11.1 Å². The maximum Gasteiger partial charge on any atom is 0.242 e. The monoisotopic (exact) mass is 223 g/mol. The van der Waals surface area contributed by atoms with E-state index in [0.29, 0.717) is 19.0 Å². The van der Waals surface area contributed by atoms with Crippen molar-refractivity contribution in [1.82, 2.24) is 20.3 Å². The summed E-state index contributed by atoms with van der Waals surface area (Å²) in [5.41, 5.74) is 6.13. The first-order valence-corrected chi connectivity index (χ1v) is 5.64. The van der Waals surface area contributed by atoms with E-state index in [4.69, 9.17) is 5.73 Å². The van der Waals surface area contributed by atoms with Crippen molar-refractivity contribution in [2.24, 2.45) is 5.73 Å². The van der Waals surface area contributed by atoms with E-state index in [9.17, 15) is 4.79 Å². The van der Waals surface area contributed by atoms with Crippen LogP contribution in [0, 0.1) is 0 Å². The van der Waals surface area contributed by atoms with Gasteiger partial charge in [0.2, 0.25) is 5.91 Å². The zero-order valence-corrected chi connectivity index (χ0v) is 9.39. The fourth-order valence-electron chi connectivity index (χ4n) is 1.60. The van der Waals surface area contributed by atoms with Gasteiger partial charge in [0.1, 0.15) is 6.04 Å². The van der Waals surface area contributed by atoms with Crippen LogP contribution in [0.1, 0.15) is 37.9 Å². The average molecular weight is 223 g/mol. The van der Waals surface area contributed by atoms with E-state index >= 15 is 0 Å². The normalized spacial score (nSPS) is 17.3. The molecule has 2 rings (SSSR count).